The number of benzene rings is 1. The fourth-order valence-corrected chi connectivity index (χ4v) is 4.20. The summed E-state index contributed by atoms with van der Waals surface area (Å²) in [5, 5.41) is 0. The van der Waals surface area contributed by atoms with E-state index in [0.717, 1.165) is 61.2 Å². The van der Waals surface area contributed by atoms with Crippen LogP contribution in [0.2, 0.25) is 0 Å². The third-order valence-electron chi connectivity index (χ3n) is 5.61. The van der Waals surface area contributed by atoms with E-state index in [9.17, 15) is 0 Å². The second kappa shape index (κ2) is 6.55. The van der Waals surface area contributed by atoms with Crippen molar-refractivity contribution in [3.63, 3.8) is 0 Å². The smallest absolute Gasteiger partial charge is 0.135 e. The van der Waals surface area contributed by atoms with Crippen LogP contribution in [0.5, 0.6) is 5.75 Å². The molecule has 3 aromatic rings. The summed E-state index contributed by atoms with van der Waals surface area (Å²) in [7, 11) is 1.69. The van der Waals surface area contributed by atoms with Gasteiger partial charge in [0.25, 0.3) is 0 Å². The highest BCUT2D eigenvalue weighted by Gasteiger charge is 2.43. The third kappa shape index (κ3) is 3.05. The van der Waals surface area contributed by atoms with Crippen molar-refractivity contribution in [1.29, 1.82) is 0 Å². The first kappa shape index (κ1) is 16.6. The van der Waals surface area contributed by atoms with E-state index < -0.39 is 0 Å². The molecule has 4 heterocycles. The topological polar surface area (TPSA) is 52.7 Å². The third-order valence-corrected chi connectivity index (χ3v) is 5.61. The van der Waals surface area contributed by atoms with Crippen LogP contribution in [-0.4, -0.2) is 40.3 Å². The maximum Gasteiger partial charge on any atom is 0.135 e. The standard InChI is InChI=1S/C21H23N3O3/c1-25-17-5-2-4-16(10-17)19-11-22-20-13-27-21(15-24(19)20)7-8-23(14-21)12-18-6-3-9-26-18/h2-6,9-11H,7-8,12-15H2,1H3. The molecule has 0 bridgehead atoms. The largest absolute Gasteiger partial charge is 0.497 e. The first-order chi connectivity index (χ1) is 13.2. The lowest BCUT2D eigenvalue weighted by molar-refractivity contribution is -0.0823. The van der Waals surface area contributed by atoms with Crippen molar-refractivity contribution in [1.82, 2.24) is 14.5 Å². The number of aromatic nitrogens is 2. The molecule has 1 fully saturated rings. The molecule has 140 valence electrons. The zero-order valence-corrected chi connectivity index (χ0v) is 15.4. The van der Waals surface area contributed by atoms with Gasteiger partial charge >= 0.3 is 0 Å². The van der Waals surface area contributed by atoms with Crippen molar-refractivity contribution in [2.45, 2.75) is 31.7 Å². The number of ether oxygens (including phenoxy) is 2. The molecule has 0 aliphatic carbocycles. The molecule has 0 radical (unpaired) electrons. The monoisotopic (exact) mass is 365 g/mol. The van der Waals surface area contributed by atoms with Gasteiger partial charge in [-0.15, -0.1) is 0 Å². The minimum absolute atomic E-state index is 0.159. The Morgan fingerprint density at radius 2 is 2.19 bits per heavy atom. The number of fused-ring (bicyclic) bond motifs is 1. The molecule has 0 saturated carbocycles. The lowest BCUT2D eigenvalue weighted by atomic mass is 10.0. The van der Waals surface area contributed by atoms with E-state index in [0.29, 0.717) is 6.61 Å². The normalized spacial score (nSPS) is 22.3. The molecule has 1 unspecified atom stereocenters. The number of likely N-dealkylation sites (tertiary alicyclic amines) is 1. The second-order valence-electron chi connectivity index (χ2n) is 7.39. The fraction of sp³-hybridized carbons (Fsp3) is 0.381. The number of hydrogen-bond donors (Lipinski definition) is 0. The summed E-state index contributed by atoms with van der Waals surface area (Å²) in [6.07, 6.45) is 4.70. The number of rotatable bonds is 4. The molecule has 0 amide bonds. The first-order valence-electron chi connectivity index (χ1n) is 9.32. The summed E-state index contributed by atoms with van der Waals surface area (Å²) >= 11 is 0. The number of imidazole rings is 1. The number of methoxy groups -OCH3 is 1. The van der Waals surface area contributed by atoms with E-state index in [4.69, 9.17) is 13.9 Å². The SMILES string of the molecule is COc1cccc(-c2cnc3n2CC2(CCN(Cc4ccco4)C2)OC3)c1. The van der Waals surface area contributed by atoms with Crippen LogP contribution in [0.4, 0.5) is 0 Å². The van der Waals surface area contributed by atoms with Crippen molar-refractivity contribution in [2.75, 3.05) is 20.2 Å². The van der Waals surface area contributed by atoms with E-state index in [1.54, 1.807) is 13.4 Å². The Morgan fingerprint density at radius 3 is 3.04 bits per heavy atom. The number of hydrogen-bond acceptors (Lipinski definition) is 5. The van der Waals surface area contributed by atoms with Gasteiger partial charge in [0.15, 0.2) is 0 Å². The van der Waals surface area contributed by atoms with Gasteiger partial charge in [-0.2, -0.15) is 0 Å². The molecule has 0 N–H and O–H groups in total. The average Bonchev–Trinajstić information content (AvgIpc) is 3.43. The van der Waals surface area contributed by atoms with Crippen LogP contribution in [0.1, 0.15) is 18.0 Å². The van der Waals surface area contributed by atoms with Crippen molar-refractivity contribution in [3.8, 4) is 17.0 Å². The molecule has 6 nitrogen and oxygen atoms in total. The van der Waals surface area contributed by atoms with Crippen LogP contribution in [0.25, 0.3) is 11.3 Å². The molecule has 2 aromatic heterocycles. The Hall–Kier alpha value is -2.57. The zero-order valence-electron chi connectivity index (χ0n) is 15.4. The zero-order chi connectivity index (χ0) is 18.3. The van der Waals surface area contributed by atoms with E-state index in [2.05, 4.69) is 26.6 Å². The van der Waals surface area contributed by atoms with E-state index in [-0.39, 0.29) is 5.60 Å². The fourth-order valence-electron chi connectivity index (χ4n) is 4.20. The van der Waals surface area contributed by atoms with Gasteiger partial charge in [-0.05, 0) is 30.7 Å². The van der Waals surface area contributed by atoms with E-state index in [1.165, 1.54) is 0 Å². The van der Waals surface area contributed by atoms with Crippen LogP contribution in [-0.2, 0) is 24.4 Å². The summed E-state index contributed by atoms with van der Waals surface area (Å²) < 4.78 is 19.5. The van der Waals surface area contributed by atoms with Gasteiger partial charge in [0, 0.05) is 18.7 Å². The number of furan rings is 1. The predicted molar refractivity (Wildman–Crippen MR) is 100 cm³/mol. The lowest BCUT2D eigenvalue weighted by Gasteiger charge is -2.35. The van der Waals surface area contributed by atoms with Gasteiger partial charge < -0.3 is 18.5 Å². The second-order valence-corrected chi connectivity index (χ2v) is 7.39. The molecule has 1 spiro atoms. The van der Waals surface area contributed by atoms with Gasteiger partial charge in [0.05, 0.1) is 38.4 Å². The highest BCUT2D eigenvalue weighted by atomic mass is 16.5. The molecule has 5 rings (SSSR count). The van der Waals surface area contributed by atoms with Gasteiger partial charge in [0.2, 0.25) is 0 Å². The maximum absolute atomic E-state index is 6.32. The lowest BCUT2D eigenvalue weighted by Crippen LogP contribution is -2.44. The summed E-state index contributed by atoms with van der Waals surface area (Å²) in [6, 6.07) is 12.1. The molecule has 1 aromatic carbocycles. The molecule has 2 aliphatic rings. The minimum Gasteiger partial charge on any atom is -0.497 e. The summed E-state index contributed by atoms with van der Waals surface area (Å²) in [5.74, 6) is 2.85. The van der Waals surface area contributed by atoms with Gasteiger partial charge in [-0.1, -0.05) is 12.1 Å². The van der Waals surface area contributed by atoms with Gasteiger partial charge in [-0.3, -0.25) is 4.90 Å². The van der Waals surface area contributed by atoms with Crippen molar-refractivity contribution in [3.05, 3.63) is 60.4 Å². The molecule has 1 saturated heterocycles. The molecule has 6 heteroatoms. The summed E-state index contributed by atoms with van der Waals surface area (Å²) in [5.41, 5.74) is 2.08. The Labute approximate surface area is 158 Å². The van der Waals surface area contributed by atoms with Crippen LogP contribution < -0.4 is 4.74 Å². The average molecular weight is 365 g/mol. The van der Waals surface area contributed by atoms with Gasteiger partial charge in [-0.25, -0.2) is 4.98 Å². The van der Waals surface area contributed by atoms with Crippen LogP contribution in [0.15, 0.2) is 53.3 Å². The molecule has 2 aliphatic heterocycles. The minimum atomic E-state index is -0.159. The molecular weight excluding hydrogens is 342 g/mol. The van der Waals surface area contributed by atoms with E-state index in [1.807, 2.05) is 30.5 Å². The summed E-state index contributed by atoms with van der Waals surface area (Å²) in [4.78, 5) is 7.00. The highest BCUT2D eigenvalue weighted by molar-refractivity contribution is 5.61. The predicted octanol–water partition coefficient (Wildman–Crippen LogP) is 3.33. The van der Waals surface area contributed by atoms with E-state index >= 15 is 0 Å². The molecule has 1 atom stereocenters. The Balaban J connectivity index is 1.39. The first-order valence-corrected chi connectivity index (χ1v) is 9.32. The van der Waals surface area contributed by atoms with Crippen LogP contribution in [0.3, 0.4) is 0 Å². The highest BCUT2D eigenvalue weighted by Crippen LogP contribution is 2.36. The van der Waals surface area contributed by atoms with Crippen molar-refractivity contribution >= 4 is 0 Å². The summed E-state index contributed by atoms with van der Waals surface area (Å²) in [6.45, 7) is 4.13. The Kier molecular flexibility index (Phi) is 4.02. The van der Waals surface area contributed by atoms with Crippen LogP contribution in [0, 0.1) is 0 Å². The Bertz CT molecular complexity index is 934. The number of nitrogens with zero attached hydrogens (tertiary/aromatic N) is 3. The molecular formula is C21H23N3O3. The van der Waals surface area contributed by atoms with Crippen molar-refractivity contribution in [2.24, 2.45) is 0 Å². The molecule has 27 heavy (non-hydrogen) atoms. The maximum atomic E-state index is 6.32. The Morgan fingerprint density at radius 1 is 1.22 bits per heavy atom. The van der Waals surface area contributed by atoms with Crippen LogP contribution >= 0.6 is 0 Å². The quantitative estimate of drug-likeness (QED) is 0.710. The van der Waals surface area contributed by atoms with Crippen molar-refractivity contribution < 1.29 is 13.9 Å². The van der Waals surface area contributed by atoms with Gasteiger partial charge in [0.1, 0.15) is 29.5 Å².